The van der Waals surface area contributed by atoms with Gasteiger partial charge in [-0.15, -0.1) is 12.4 Å². The second kappa shape index (κ2) is 9.11. The number of piperazine rings is 1. The van der Waals surface area contributed by atoms with Crippen molar-refractivity contribution in [1.29, 1.82) is 0 Å². The number of rotatable bonds is 5. The normalized spacial score (nSPS) is 20.9. The van der Waals surface area contributed by atoms with Crippen molar-refractivity contribution in [2.24, 2.45) is 0 Å². The molecular weight excluding hydrogens is 370 g/mol. The highest BCUT2D eigenvalue weighted by atomic mass is 35.5. The second-order valence-electron chi connectivity index (χ2n) is 7.06. The van der Waals surface area contributed by atoms with Gasteiger partial charge in [-0.05, 0) is 48.7 Å². The van der Waals surface area contributed by atoms with Crippen LogP contribution in [0.5, 0.6) is 0 Å². The minimum absolute atomic E-state index is 0. The Morgan fingerprint density at radius 3 is 1.93 bits per heavy atom. The third-order valence-electron chi connectivity index (χ3n) is 5.45. The molecule has 0 spiro atoms. The Morgan fingerprint density at radius 1 is 1.04 bits per heavy atom. The van der Waals surface area contributed by atoms with Gasteiger partial charge >= 0.3 is 0 Å². The zero-order valence-corrected chi connectivity index (χ0v) is 16.5. The second-order valence-corrected chi connectivity index (χ2v) is 7.06. The highest BCUT2D eigenvalue weighted by molar-refractivity contribution is 5.85. The quantitative estimate of drug-likeness (QED) is 0.809. The maximum absolute atomic E-state index is 13.5. The van der Waals surface area contributed by atoms with Gasteiger partial charge in [0.1, 0.15) is 11.6 Å². The fourth-order valence-electron chi connectivity index (χ4n) is 4.01. The summed E-state index contributed by atoms with van der Waals surface area (Å²) in [5.74, 6) is -0.638. The Hall–Kier alpha value is -1.53. The molecule has 148 valence electrons. The molecule has 2 N–H and O–H groups in total. The van der Waals surface area contributed by atoms with E-state index >= 15 is 0 Å². The van der Waals surface area contributed by atoms with Crippen LogP contribution in [0.2, 0.25) is 0 Å². The number of aliphatic hydroxyl groups is 1. The van der Waals surface area contributed by atoms with Crippen LogP contribution in [0.25, 0.3) is 0 Å². The first-order valence-corrected chi connectivity index (χ1v) is 9.14. The van der Waals surface area contributed by atoms with Crippen LogP contribution in [0.15, 0.2) is 48.5 Å². The van der Waals surface area contributed by atoms with Gasteiger partial charge in [-0.1, -0.05) is 31.2 Å². The van der Waals surface area contributed by atoms with Gasteiger partial charge in [0, 0.05) is 25.2 Å². The van der Waals surface area contributed by atoms with E-state index in [4.69, 9.17) is 0 Å². The molecular formula is C21H27ClF2N2O. The van der Waals surface area contributed by atoms with Crippen LogP contribution in [0.3, 0.4) is 0 Å². The van der Waals surface area contributed by atoms with E-state index < -0.39 is 5.54 Å². The minimum atomic E-state index is -0.849. The molecule has 27 heavy (non-hydrogen) atoms. The van der Waals surface area contributed by atoms with Gasteiger partial charge in [-0.2, -0.15) is 0 Å². The van der Waals surface area contributed by atoms with Crippen molar-refractivity contribution in [2.45, 2.75) is 37.9 Å². The van der Waals surface area contributed by atoms with Crippen LogP contribution in [0.1, 0.15) is 31.4 Å². The topological polar surface area (TPSA) is 35.5 Å². The third-order valence-corrected chi connectivity index (χ3v) is 5.45. The van der Waals surface area contributed by atoms with Crippen LogP contribution >= 0.6 is 12.4 Å². The summed E-state index contributed by atoms with van der Waals surface area (Å²) in [4.78, 5) is 2.29. The first-order valence-electron chi connectivity index (χ1n) is 9.14. The molecule has 1 fully saturated rings. The summed E-state index contributed by atoms with van der Waals surface area (Å²) in [6.07, 6.45) is 0.907. The summed E-state index contributed by atoms with van der Waals surface area (Å²) in [5.41, 5.74) is 0.763. The van der Waals surface area contributed by atoms with Crippen LogP contribution in [-0.4, -0.2) is 41.8 Å². The number of halogens is 3. The molecule has 1 aliphatic heterocycles. The molecule has 1 heterocycles. The van der Waals surface area contributed by atoms with E-state index in [9.17, 15) is 13.9 Å². The Labute approximate surface area is 165 Å². The SMILES string of the molecule is CC[C@@H]1CN[C@@H](C)CN1C(CO)(c1ccc(F)cc1)c1ccc(F)cc1.Cl. The molecule has 0 amide bonds. The standard InChI is InChI=1S/C21H26F2N2O.ClH/c1-3-20-12-24-15(2)13-25(20)21(14-26,16-4-8-18(22)9-5-16)17-6-10-19(23)11-7-17;/h4-11,15,20,24,26H,3,12-14H2,1-2H3;1H/t15-,20+;/m0./s1. The van der Waals surface area contributed by atoms with Gasteiger partial charge < -0.3 is 10.4 Å². The molecule has 2 atom stereocenters. The van der Waals surface area contributed by atoms with Gasteiger partial charge in [0.2, 0.25) is 0 Å². The maximum Gasteiger partial charge on any atom is 0.123 e. The molecule has 1 aliphatic rings. The maximum atomic E-state index is 13.5. The number of hydrogen-bond acceptors (Lipinski definition) is 3. The fraction of sp³-hybridized carbons (Fsp3) is 0.429. The predicted molar refractivity (Wildman–Crippen MR) is 106 cm³/mol. The Balaban J connectivity index is 0.00000261. The molecule has 2 aromatic rings. The molecule has 1 saturated heterocycles. The molecule has 0 bridgehead atoms. The smallest absolute Gasteiger partial charge is 0.123 e. The molecule has 0 saturated carbocycles. The molecule has 3 nitrogen and oxygen atoms in total. The van der Waals surface area contributed by atoms with Crippen molar-refractivity contribution in [1.82, 2.24) is 10.2 Å². The third kappa shape index (κ3) is 4.16. The summed E-state index contributed by atoms with van der Waals surface area (Å²) < 4.78 is 27.1. The van der Waals surface area contributed by atoms with Gasteiger partial charge in [-0.3, -0.25) is 4.90 Å². The zero-order valence-electron chi connectivity index (χ0n) is 15.7. The number of nitrogens with zero attached hydrogens (tertiary/aromatic N) is 1. The minimum Gasteiger partial charge on any atom is -0.394 e. The van der Waals surface area contributed by atoms with E-state index in [1.165, 1.54) is 24.3 Å². The zero-order chi connectivity index (χ0) is 18.7. The Morgan fingerprint density at radius 2 is 1.52 bits per heavy atom. The van der Waals surface area contributed by atoms with Crippen LogP contribution < -0.4 is 5.32 Å². The molecule has 0 radical (unpaired) electrons. The summed E-state index contributed by atoms with van der Waals surface area (Å²) in [7, 11) is 0. The molecule has 0 aromatic heterocycles. The van der Waals surface area contributed by atoms with Gasteiger partial charge in [0.25, 0.3) is 0 Å². The average molecular weight is 397 g/mol. The van der Waals surface area contributed by atoms with E-state index in [0.29, 0.717) is 0 Å². The van der Waals surface area contributed by atoms with Gasteiger partial charge in [0.05, 0.1) is 12.1 Å². The van der Waals surface area contributed by atoms with Gasteiger partial charge in [0.15, 0.2) is 0 Å². The van der Waals surface area contributed by atoms with Crippen molar-refractivity contribution in [3.8, 4) is 0 Å². The largest absolute Gasteiger partial charge is 0.394 e. The molecule has 6 heteroatoms. The van der Waals surface area contributed by atoms with Crippen LogP contribution in [-0.2, 0) is 5.54 Å². The highest BCUT2D eigenvalue weighted by Crippen LogP contribution is 2.39. The highest BCUT2D eigenvalue weighted by Gasteiger charge is 2.44. The van der Waals surface area contributed by atoms with Crippen molar-refractivity contribution >= 4 is 12.4 Å². The molecule has 2 aromatic carbocycles. The molecule has 0 aliphatic carbocycles. The molecule has 0 unspecified atom stereocenters. The summed E-state index contributed by atoms with van der Waals surface area (Å²) in [6.45, 7) is 5.59. The lowest BCUT2D eigenvalue weighted by Crippen LogP contribution is -2.64. The van der Waals surface area contributed by atoms with E-state index in [1.54, 1.807) is 24.3 Å². The van der Waals surface area contributed by atoms with Crippen molar-refractivity contribution in [3.63, 3.8) is 0 Å². The molecule has 3 rings (SSSR count). The number of aliphatic hydroxyl groups excluding tert-OH is 1. The van der Waals surface area contributed by atoms with E-state index in [0.717, 1.165) is 30.6 Å². The van der Waals surface area contributed by atoms with Gasteiger partial charge in [-0.25, -0.2) is 8.78 Å². The lowest BCUT2D eigenvalue weighted by Gasteiger charge is -2.51. The number of benzene rings is 2. The van der Waals surface area contributed by atoms with Crippen molar-refractivity contribution in [3.05, 3.63) is 71.3 Å². The van der Waals surface area contributed by atoms with Crippen LogP contribution in [0.4, 0.5) is 8.78 Å². The summed E-state index contributed by atoms with van der Waals surface area (Å²) >= 11 is 0. The van der Waals surface area contributed by atoms with Crippen molar-refractivity contribution < 1.29 is 13.9 Å². The predicted octanol–water partition coefficient (Wildman–Crippen LogP) is 3.69. The summed E-state index contributed by atoms with van der Waals surface area (Å²) in [5, 5.41) is 14.1. The first-order chi connectivity index (χ1) is 12.5. The lowest BCUT2D eigenvalue weighted by molar-refractivity contribution is -0.00401. The first kappa shape index (κ1) is 21.8. The fourth-order valence-corrected chi connectivity index (χ4v) is 4.01. The van der Waals surface area contributed by atoms with E-state index in [1.807, 2.05) is 0 Å². The van der Waals surface area contributed by atoms with Crippen LogP contribution in [0, 0.1) is 11.6 Å². The number of hydrogen-bond donors (Lipinski definition) is 2. The average Bonchev–Trinajstić information content (AvgIpc) is 2.65. The van der Waals surface area contributed by atoms with E-state index in [2.05, 4.69) is 24.1 Å². The Kier molecular flexibility index (Phi) is 7.34. The number of nitrogens with one attached hydrogen (secondary N) is 1. The monoisotopic (exact) mass is 396 g/mol. The Bertz CT molecular complexity index is 678. The lowest BCUT2D eigenvalue weighted by atomic mass is 9.79. The van der Waals surface area contributed by atoms with E-state index in [-0.39, 0.29) is 42.7 Å². The van der Waals surface area contributed by atoms with Crippen molar-refractivity contribution in [2.75, 3.05) is 19.7 Å². The summed E-state index contributed by atoms with van der Waals surface area (Å²) in [6, 6.07) is 13.0.